The van der Waals surface area contributed by atoms with Gasteiger partial charge in [-0.3, -0.25) is 9.78 Å². The first-order chi connectivity index (χ1) is 12.3. The highest BCUT2D eigenvalue weighted by molar-refractivity contribution is 5.92. The summed E-state index contributed by atoms with van der Waals surface area (Å²) in [5.41, 5.74) is 1.22. The van der Waals surface area contributed by atoms with Gasteiger partial charge in [-0.2, -0.15) is 4.98 Å². The first-order valence-corrected chi connectivity index (χ1v) is 8.29. The second-order valence-corrected chi connectivity index (χ2v) is 5.92. The van der Waals surface area contributed by atoms with Gasteiger partial charge in [-0.05, 0) is 19.3 Å². The van der Waals surface area contributed by atoms with Gasteiger partial charge < -0.3 is 9.42 Å². The predicted octanol–water partition coefficient (Wildman–Crippen LogP) is 2.89. The zero-order valence-corrected chi connectivity index (χ0v) is 13.6. The van der Waals surface area contributed by atoms with Crippen LogP contribution in [-0.4, -0.2) is 37.5 Å². The Balaban J connectivity index is 1.62. The molecule has 3 aromatic rings. The number of hydrogen-bond donors (Lipinski definition) is 0. The fourth-order valence-corrected chi connectivity index (χ4v) is 3.06. The van der Waals surface area contributed by atoms with Gasteiger partial charge in [0.15, 0.2) is 0 Å². The molecule has 0 spiro atoms. The molecule has 0 N–H and O–H groups in total. The fourth-order valence-electron chi connectivity index (χ4n) is 3.06. The second kappa shape index (κ2) is 6.80. The normalized spacial score (nSPS) is 17.4. The minimum Gasteiger partial charge on any atom is -0.337 e. The maximum Gasteiger partial charge on any atom is 0.274 e. The molecule has 4 rings (SSSR count). The lowest BCUT2D eigenvalue weighted by molar-refractivity contribution is 0.0555. The number of amides is 1. The van der Waals surface area contributed by atoms with Crippen LogP contribution in [0.4, 0.5) is 0 Å². The van der Waals surface area contributed by atoms with Gasteiger partial charge in [-0.1, -0.05) is 35.5 Å². The molecule has 1 fully saturated rings. The number of nitrogens with zero attached hydrogens (tertiary/aromatic N) is 5. The molecule has 1 amide bonds. The second-order valence-electron chi connectivity index (χ2n) is 5.92. The lowest BCUT2D eigenvalue weighted by Crippen LogP contribution is -2.39. The van der Waals surface area contributed by atoms with E-state index in [-0.39, 0.29) is 11.9 Å². The molecule has 7 heteroatoms. The van der Waals surface area contributed by atoms with Crippen LogP contribution in [0.25, 0.3) is 11.4 Å². The van der Waals surface area contributed by atoms with Gasteiger partial charge in [0.1, 0.15) is 11.7 Å². The van der Waals surface area contributed by atoms with E-state index < -0.39 is 0 Å². The van der Waals surface area contributed by atoms with Crippen molar-refractivity contribution in [3.8, 4) is 11.4 Å². The Hall–Kier alpha value is -3.09. The topological polar surface area (TPSA) is 85.0 Å². The summed E-state index contributed by atoms with van der Waals surface area (Å²) >= 11 is 0. The average molecular weight is 335 g/mol. The standard InChI is InChI=1S/C18H17N5O2/c24-18(14-12-19-9-10-20-14)23-11-5-4-8-15(23)17-21-16(22-25-17)13-6-2-1-3-7-13/h1-3,6-7,9-10,12,15H,4-5,8,11H2/t15-/m0/s1. The van der Waals surface area contributed by atoms with Crippen LogP contribution >= 0.6 is 0 Å². The van der Waals surface area contributed by atoms with E-state index in [1.165, 1.54) is 12.4 Å². The molecule has 0 aliphatic carbocycles. The molecule has 1 aromatic carbocycles. The van der Waals surface area contributed by atoms with Crippen molar-refractivity contribution in [2.24, 2.45) is 0 Å². The number of likely N-dealkylation sites (tertiary alicyclic amines) is 1. The van der Waals surface area contributed by atoms with E-state index in [4.69, 9.17) is 4.52 Å². The number of hydrogen-bond acceptors (Lipinski definition) is 6. The van der Waals surface area contributed by atoms with Crippen LogP contribution in [0.5, 0.6) is 0 Å². The maximum atomic E-state index is 12.8. The van der Waals surface area contributed by atoms with Crippen LogP contribution in [0.2, 0.25) is 0 Å². The van der Waals surface area contributed by atoms with Crippen molar-refractivity contribution in [1.29, 1.82) is 0 Å². The lowest BCUT2D eigenvalue weighted by Gasteiger charge is -2.33. The number of benzene rings is 1. The van der Waals surface area contributed by atoms with E-state index in [9.17, 15) is 4.79 Å². The molecule has 0 unspecified atom stereocenters. The molecule has 0 bridgehead atoms. The van der Waals surface area contributed by atoms with Gasteiger partial charge in [-0.15, -0.1) is 0 Å². The van der Waals surface area contributed by atoms with Crippen molar-refractivity contribution in [2.75, 3.05) is 6.54 Å². The Kier molecular flexibility index (Phi) is 4.20. The average Bonchev–Trinajstić information content (AvgIpc) is 3.19. The molecule has 2 aromatic heterocycles. The highest BCUT2D eigenvalue weighted by Gasteiger charge is 2.33. The van der Waals surface area contributed by atoms with Crippen molar-refractivity contribution in [3.63, 3.8) is 0 Å². The number of carbonyl (C=O) groups excluding carboxylic acids is 1. The summed E-state index contributed by atoms with van der Waals surface area (Å²) in [6.45, 7) is 0.642. The van der Waals surface area contributed by atoms with E-state index in [0.717, 1.165) is 24.8 Å². The highest BCUT2D eigenvalue weighted by atomic mass is 16.5. The lowest BCUT2D eigenvalue weighted by atomic mass is 10.0. The molecule has 3 heterocycles. The monoisotopic (exact) mass is 335 g/mol. The molecule has 0 radical (unpaired) electrons. The Labute approximate surface area is 144 Å². The predicted molar refractivity (Wildman–Crippen MR) is 89.4 cm³/mol. The van der Waals surface area contributed by atoms with Crippen LogP contribution in [0.3, 0.4) is 0 Å². The summed E-state index contributed by atoms with van der Waals surface area (Å²) in [6.07, 6.45) is 7.31. The highest BCUT2D eigenvalue weighted by Crippen LogP contribution is 2.32. The van der Waals surface area contributed by atoms with E-state index in [1.54, 1.807) is 11.1 Å². The zero-order valence-electron chi connectivity index (χ0n) is 13.6. The van der Waals surface area contributed by atoms with Crippen molar-refractivity contribution in [2.45, 2.75) is 25.3 Å². The van der Waals surface area contributed by atoms with Crippen LogP contribution < -0.4 is 0 Å². The SMILES string of the molecule is O=C(c1cnccn1)N1CCCC[C@H]1c1nc(-c2ccccc2)no1. The van der Waals surface area contributed by atoms with E-state index in [1.807, 2.05) is 30.3 Å². The summed E-state index contributed by atoms with van der Waals surface area (Å²) in [7, 11) is 0. The van der Waals surface area contributed by atoms with Crippen LogP contribution in [0.15, 0.2) is 53.4 Å². The summed E-state index contributed by atoms with van der Waals surface area (Å²) in [4.78, 5) is 27.2. The van der Waals surface area contributed by atoms with Gasteiger partial charge in [0, 0.05) is 24.5 Å². The Morgan fingerprint density at radius 1 is 1.16 bits per heavy atom. The summed E-state index contributed by atoms with van der Waals surface area (Å²) in [5, 5.41) is 4.08. The van der Waals surface area contributed by atoms with E-state index >= 15 is 0 Å². The molecule has 1 aliphatic rings. The molecule has 1 aliphatic heterocycles. The van der Waals surface area contributed by atoms with Gasteiger partial charge >= 0.3 is 0 Å². The van der Waals surface area contributed by atoms with Gasteiger partial charge in [0.2, 0.25) is 11.7 Å². The first kappa shape index (κ1) is 15.4. The summed E-state index contributed by atoms with van der Waals surface area (Å²) in [6, 6.07) is 9.42. The van der Waals surface area contributed by atoms with E-state index in [0.29, 0.717) is 24.0 Å². The van der Waals surface area contributed by atoms with Crippen molar-refractivity contribution >= 4 is 5.91 Å². The Morgan fingerprint density at radius 2 is 2.04 bits per heavy atom. The summed E-state index contributed by atoms with van der Waals surface area (Å²) in [5.74, 6) is 0.848. The minimum absolute atomic E-state index is 0.155. The minimum atomic E-state index is -0.229. The van der Waals surface area contributed by atoms with Crippen molar-refractivity contribution in [1.82, 2.24) is 25.0 Å². The largest absolute Gasteiger partial charge is 0.337 e. The first-order valence-electron chi connectivity index (χ1n) is 8.29. The van der Waals surface area contributed by atoms with Gasteiger partial charge in [-0.25, -0.2) is 4.98 Å². The molecule has 0 saturated carbocycles. The molecule has 126 valence electrons. The molecular weight excluding hydrogens is 318 g/mol. The van der Waals surface area contributed by atoms with Crippen molar-refractivity contribution in [3.05, 3.63) is 60.5 Å². The molecule has 1 atom stereocenters. The number of aromatic nitrogens is 4. The molecular formula is C18H17N5O2. The number of carbonyl (C=O) groups is 1. The third-order valence-electron chi connectivity index (χ3n) is 4.30. The number of rotatable bonds is 3. The quantitative estimate of drug-likeness (QED) is 0.731. The maximum absolute atomic E-state index is 12.8. The van der Waals surface area contributed by atoms with Crippen LogP contribution in [-0.2, 0) is 0 Å². The van der Waals surface area contributed by atoms with E-state index in [2.05, 4.69) is 20.1 Å². The fraction of sp³-hybridized carbons (Fsp3) is 0.278. The molecule has 7 nitrogen and oxygen atoms in total. The molecule has 25 heavy (non-hydrogen) atoms. The zero-order chi connectivity index (χ0) is 17.1. The molecule has 1 saturated heterocycles. The van der Waals surface area contributed by atoms with Crippen LogP contribution in [0.1, 0.15) is 41.7 Å². The summed E-state index contributed by atoms with van der Waals surface area (Å²) < 4.78 is 5.48. The van der Waals surface area contributed by atoms with Crippen LogP contribution in [0, 0.1) is 0 Å². The van der Waals surface area contributed by atoms with Gasteiger partial charge in [0.25, 0.3) is 5.91 Å². The van der Waals surface area contributed by atoms with Crippen molar-refractivity contribution < 1.29 is 9.32 Å². The third kappa shape index (κ3) is 3.13. The Morgan fingerprint density at radius 3 is 2.84 bits per heavy atom. The van der Waals surface area contributed by atoms with Gasteiger partial charge in [0.05, 0.1) is 6.20 Å². The Bertz CT molecular complexity index is 850. The number of piperidine rings is 1. The smallest absolute Gasteiger partial charge is 0.274 e. The third-order valence-corrected chi connectivity index (χ3v) is 4.30.